The molecule has 4 rings (SSSR count). The number of aromatic carboxylic acids is 1. The van der Waals surface area contributed by atoms with Gasteiger partial charge in [-0.1, -0.05) is 54.8 Å². The normalized spacial score (nSPS) is 14.9. The van der Waals surface area contributed by atoms with E-state index in [2.05, 4.69) is 4.90 Å². The Kier molecular flexibility index (Phi) is 4.99. The van der Waals surface area contributed by atoms with E-state index in [1.165, 1.54) is 12.8 Å². The molecule has 5 heteroatoms. The number of hydrogen-bond acceptors (Lipinski definition) is 3. The third-order valence-electron chi connectivity index (χ3n) is 5.12. The number of halogens is 1. The monoisotopic (exact) mass is 380 g/mol. The average Bonchev–Trinajstić information content (AvgIpc) is 2.96. The van der Waals surface area contributed by atoms with E-state index in [0.717, 1.165) is 37.2 Å². The van der Waals surface area contributed by atoms with Crippen LogP contribution < -0.4 is 4.90 Å². The first-order valence-corrected chi connectivity index (χ1v) is 9.70. The Morgan fingerprint density at radius 2 is 1.63 bits per heavy atom. The van der Waals surface area contributed by atoms with Gasteiger partial charge in [-0.05, 0) is 31.0 Å². The van der Waals surface area contributed by atoms with Gasteiger partial charge in [0.25, 0.3) is 0 Å². The number of nitrogens with zero attached hydrogens (tertiary/aromatic N) is 2. The van der Waals surface area contributed by atoms with E-state index in [1.54, 1.807) is 0 Å². The SMILES string of the molecule is O=C(O)c1c(N2CCCCCC2)c(-c2ccc(Cl)cc2)nc2ccccc12. The van der Waals surface area contributed by atoms with Gasteiger partial charge in [0.05, 0.1) is 22.5 Å². The van der Waals surface area contributed by atoms with Crippen LogP contribution in [0.5, 0.6) is 0 Å². The van der Waals surface area contributed by atoms with Gasteiger partial charge in [0, 0.05) is 29.1 Å². The molecule has 0 bridgehead atoms. The lowest BCUT2D eigenvalue weighted by Gasteiger charge is -2.27. The van der Waals surface area contributed by atoms with Crippen LogP contribution in [-0.4, -0.2) is 29.1 Å². The van der Waals surface area contributed by atoms with E-state index in [1.807, 2.05) is 48.5 Å². The second-order valence-electron chi connectivity index (χ2n) is 6.91. The molecular weight excluding hydrogens is 360 g/mol. The average molecular weight is 381 g/mol. The van der Waals surface area contributed by atoms with E-state index in [9.17, 15) is 9.90 Å². The highest BCUT2D eigenvalue weighted by molar-refractivity contribution is 6.30. The van der Waals surface area contributed by atoms with Gasteiger partial charge in [-0.2, -0.15) is 0 Å². The largest absolute Gasteiger partial charge is 0.478 e. The smallest absolute Gasteiger partial charge is 0.338 e. The minimum Gasteiger partial charge on any atom is -0.478 e. The van der Waals surface area contributed by atoms with Crippen LogP contribution in [0.4, 0.5) is 5.69 Å². The first kappa shape index (κ1) is 17.8. The minimum atomic E-state index is -0.914. The molecule has 1 fully saturated rings. The van der Waals surface area contributed by atoms with Gasteiger partial charge in [0.1, 0.15) is 0 Å². The topological polar surface area (TPSA) is 53.4 Å². The Morgan fingerprint density at radius 3 is 2.30 bits per heavy atom. The lowest BCUT2D eigenvalue weighted by Crippen LogP contribution is -2.27. The van der Waals surface area contributed by atoms with E-state index >= 15 is 0 Å². The fourth-order valence-electron chi connectivity index (χ4n) is 3.83. The van der Waals surface area contributed by atoms with E-state index in [0.29, 0.717) is 27.2 Å². The van der Waals surface area contributed by atoms with E-state index in [-0.39, 0.29) is 0 Å². The fourth-order valence-corrected chi connectivity index (χ4v) is 3.96. The second kappa shape index (κ2) is 7.57. The fraction of sp³-hybridized carbons (Fsp3) is 0.273. The molecule has 2 aromatic carbocycles. The van der Waals surface area contributed by atoms with E-state index in [4.69, 9.17) is 16.6 Å². The highest BCUT2D eigenvalue weighted by Gasteiger charge is 2.25. The van der Waals surface area contributed by atoms with Gasteiger partial charge in [-0.3, -0.25) is 0 Å². The summed E-state index contributed by atoms with van der Waals surface area (Å²) < 4.78 is 0. The van der Waals surface area contributed by atoms with Crippen molar-refractivity contribution in [1.29, 1.82) is 0 Å². The van der Waals surface area contributed by atoms with Gasteiger partial charge in [0.2, 0.25) is 0 Å². The number of anilines is 1. The van der Waals surface area contributed by atoms with Crippen LogP contribution in [0, 0.1) is 0 Å². The Labute approximate surface area is 163 Å². The molecular formula is C22H21ClN2O2. The van der Waals surface area contributed by atoms with Crippen molar-refractivity contribution in [1.82, 2.24) is 4.98 Å². The zero-order valence-electron chi connectivity index (χ0n) is 15.0. The maximum atomic E-state index is 12.3. The van der Waals surface area contributed by atoms with Crippen LogP contribution in [0.25, 0.3) is 22.2 Å². The van der Waals surface area contributed by atoms with Crippen LogP contribution in [-0.2, 0) is 0 Å². The molecule has 0 spiro atoms. The Bertz CT molecular complexity index is 978. The number of pyridine rings is 1. The summed E-state index contributed by atoms with van der Waals surface area (Å²) in [7, 11) is 0. The molecule has 1 saturated heterocycles. The van der Waals surface area contributed by atoms with Gasteiger partial charge < -0.3 is 10.0 Å². The van der Waals surface area contributed by atoms with Crippen LogP contribution in [0.15, 0.2) is 48.5 Å². The number of benzene rings is 2. The number of carboxylic acid groups (broad SMARTS) is 1. The van der Waals surface area contributed by atoms with Crippen molar-refractivity contribution < 1.29 is 9.90 Å². The van der Waals surface area contributed by atoms with Crippen LogP contribution in [0.3, 0.4) is 0 Å². The summed E-state index contributed by atoms with van der Waals surface area (Å²) in [6.07, 6.45) is 4.48. The Balaban J connectivity index is 2.03. The quantitative estimate of drug-likeness (QED) is 0.639. The molecule has 138 valence electrons. The van der Waals surface area contributed by atoms with Crippen molar-refractivity contribution in [3.8, 4) is 11.3 Å². The van der Waals surface area contributed by atoms with Crippen molar-refractivity contribution in [3.63, 3.8) is 0 Å². The van der Waals surface area contributed by atoms with Crippen molar-refractivity contribution >= 4 is 34.2 Å². The Hall–Kier alpha value is -2.59. The standard InChI is InChI=1S/C22H21ClN2O2/c23-16-11-9-15(10-12-16)20-21(25-13-5-1-2-6-14-25)19(22(26)27)17-7-3-4-8-18(17)24-20/h3-4,7-12H,1-2,5-6,13-14H2,(H,26,27). The zero-order valence-corrected chi connectivity index (χ0v) is 15.7. The van der Waals surface area contributed by atoms with Crippen LogP contribution in [0.1, 0.15) is 36.0 Å². The maximum Gasteiger partial charge on any atom is 0.338 e. The second-order valence-corrected chi connectivity index (χ2v) is 7.35. The summed E-state index contributed by atoms with van der Waals surface area (Å²) in [4.78, 5) is 19.4. The molecule has 0 unspecified atom stereocenters. The molecule has 1 aromatic heterocycles. The zero-order chi connectivity index (χ0) is 18.8. The highest BCUT2D eigenvalue weighted by Crippen LogP contribution is 2.38. The number of para-hydroxylation sites is 1. The molecule has 0 amide bonds. The third-order valence-corrected chi connectivity index (χ3v) is 5.37. The third kappa shape index (κ3) is 3.50. The number of carboxylic acids is 1. The van der Waals surface area contributed by atoms with Crippen molar-refractivity contribution in [2.45, 2.75) is 25.7 Å². The number of aromatic nitrogens is 1. The molecule has 1 aliphatic rings. The van der Waals surface area contributed by atoms with Gasteiger partial charge >= 0.3 is 5.97 Å². The number of fused-ring (bicyclic) bond motifs is 1. The van der Waals surface area contributed by atoms with Gasteiger partial charge in [0.15, 0.2) is 0 Å². The molecule has 2 heterocycles. The highest BCUT2D eigenvalue weighted by atomic mass is 35.5. The summed E-state index contributed by atoms with van der Waals surface area (Å²) in [6, 6.07) is 14.9. The molecule has 0 atom stereocenters. The predicted molar refractivity (Wildman–Crippen MR) is 110 cm³/mol. The minimum absolute atomic E-state index is 0.340. The first-order chi connectivity index (χ1) is 13.1. The van der Waals surface area contributed by atoms with E-state index < -0.39 is 5.97 Å². The molecule has 0 radical (unpaired) electrons. The number of rotatable bonds is 3. The van der Waals surface area contributed by atoms with Gasteiger partial charge in [-0.25, -0.2) is 9.78 Å². The first-order valence-electron chi connectivity index (χ1n) is 9.32. The summed E-state index contributed by atoms with van der Waals surface area (Å²) in [6.45, 7) is 1.70. The summed E-state index contributed by atoms with van der Waals surface area (Å²) in [5, 5.41) is 11.4. The number of hydrogen-bond donors (Lipinski definition) is 1. The molecule has 0 aliphatic carbocycles. The summed E-state index contributed by atoms with van der Waals surface area (Å²) in [5.74, 6) is -0.914. The summed E-state index contributed by atoms with van der Waals surface area (Å²) in [5.41, 5.74) is 3.35. The molecule has 0 saturated carbocycles. The van der Waals surface area contributed by atoms with Crippen molar-refractivity contribution in [2.24, 2.45) is 0 Å². The van der Waals surface area contributed by atoms with Crippen LogP contribution in [0.2, 0.25) is 5.02 Å². The van der Waals surface area contributed by atoms with Crippen molar-refractivity contribution in [3.05, 3.63) is 59.1 Å². The van der Waals surface area contributed by atoms with Gasteiger partial charge in [-0.15, -0.1) is 0 Å². The predicted octanol–water partition coefficient (Wildman–Crippen LogP) is 5.63. The van der Waals surface area contributed by atoms with Crippen LogP contribution >= 0.6 is 11.6 Å². The van der Waals surface area contributed by atoms with Crippen molar-refractivity contribution in [2.75, 3.05) is 18.0 Å². The molecule has 4 nitrogen and oxygen atoms in total. The Morgan fingerprint density at radius 1 is 0.963 bits per heavy atom. The lowest BCUT2D eigenvalue weighted by atomic mass is 10.00. The summed E-state index contributed by atoms with van der Waals surface area (Å²) >= 11 is 6.06. The number of carbonyl (C=O) groups is 1. The molecule has 1 aliphatic heterocycles. The maximum absolute atomic E-state index is 12.3. The lowest BCUT2D eigenvalue weighted by molar-refractivity contribution is 0.0699. The molecule has 1 N–H and O–H groups in total. The molecule has 3 aromatic rings. The molecule has 27 heavy (non-hydrogen) atoms.